The van der Waals surface area contributed by atoms with Gasteiger partial charge in [0.1, 0.15) is 0 Å². The molecule has 138 valence electrons. The predicted molar refractivity (Wildman–Crippen MR) is 113 cm³/mol. The average molecular weight is 385 g/mol. The molecule has 0 aliphatic carbocycles. The van der Waals surface area contributed by atoms with Gasteiger partial charge in [-0.1, -0.05) is 48.5 Å². The first-order valence-corrected chi connectivity index (χ1v) is 10.2. The maximum absolute atomic E-state index is 8.64. The number of rotatable bonds is 2. The van der Waals surface area contributed by atoms with Gasteiger partial charge >= 0.3 is 0 Å². The van der Waals surface area contributed by atoms with Gasteiger partial charge in [0.15, 0.2) is 17.1 Å². The second kappa shape index (κ2) is 6.73. The summed E-state index contributed by atoms with van der Waals surface area (Å²) in [5.41, 5.74) is 3.72. The van der Waals surface area contributed by atoms with Gasteiger partial charge in [-0.25, -0.2) is 0 Å². The van der Waals surface area contributed by atoms with Crippen LogP contribution in [0.3, 0.4) is 0 Å². The molecular formula is C22H19N5S. The summed E-state index contributed by atoms with van der Waals surface area (Å²) in [7, 11) is 0. The van der Waals surface area contributed by atoms with Crippen LogP contribution in [0.5, 0.6) is 0 Å². The monoisotopic (exact) mass is 385 g/mol. The van der Waals surface area contributed by atoms with E-state index >= 15 is 0 Å². The molecule has 0 atom stereocenters. The summed E-state index contributed by atoms with van der Waals surface area (Å²) in [4.78, 5) is 2.27. The third-order valence-electron chi connectivity index (χ3n) is 5.27. The quantitative estimate of drug-likeness (QED) is 0.404. The highest BCUT2D eigenvalue weighted by molar-refractivity contribution is 7.08. The van der Waals surface area contributed by atoms with E-state index in [1.807, 2.05) is 41.1 Å². The molecule has 0 saturated carbocycles. The lowest BCUT2D eigenvalue weighted by atomic mass is 9.99. The van der Waals surface area contributed by atoms with Gasteiger partial charge in [-0.15, -0.1) is 5.10 Å². The highest BCUT2D eigenvalue weighted by Gasteiger charge is 2.21. The van der Waals surface area contributed by atoms with E-state index in [1.165, 1.54) is 15.8 Å². The van der Waals surface area contributed by atoms with Crippen LogP contribution in [0.15, 0.2) is 65.4 Å². The Morgan fingerprint density at radius 1 is 0.964 bits per heavy atom. The molecule has 6 heteroatoms. The van der Waals surface area contributed by atoms with Crippen molar-refractivity contribution in [2.45, 2.75) is 13.0 Å². The SMILES string of the molecule is N=C(c1ccsc1)n1nc(N2CCc3ccccc3C2)c2ccccc2c1=N. The lowest BCUT2D eigenvalue weighted by Gasteiger charge is -2.31. The molecule has 3 heterocycles. The van der Waals surface area contributed by atoms with Crippen LogP contribution in [0, 0.1) is 10.8 Å². The minimum atomic E-state index is 0.232. The molecule has 2 N–H and O–H groups in total. The molecule has 0 unspecified atom stereocenters. The number of fused-ring (bicyclic) bond motifs is 2. The standard InChI is InChI=1S/C22H19N5S/c23-20(17-10-12-28-14-17)27-21(24)18-7-3-4-8-19(18)22(25-27)26-11-9-15-5-1-2-6-16(15)13-26/h1-8,10,12,14,23-24H,9,11,13H2. The number of nitrogens with zero attached hydrogens (tertiary/aromatic N) is 3. The van der Waals surface area contributed by atoms with Crippen LogP contribution in [0.4, 0.5) is 5.82 Å². The summed E-state index contributed by atoms with van der Waals surface area (Å²) < 4.78 is 1.46. The zero-order valence-corrected chi connectivity index (χ0v) is 16.0. The van der Waals surface area contributed by atoms with E-state index in [4.69, 9.17) is 15.9 Å². The number of aromatic nitrogens is 2. The van der Waals surface area contributed by atoms with Gasteiger partial charge in [0.2, 0.25) is 0 Å². The van der Waals surface area contributed by atoms with Crippen molar-refractivity contribution in [2.24, 2.45) is 0 Å². The van der Waals surface area contributed by atoms with Gasteiger partial charge in [-0.05, 0) is 29.0 Å². The van der Waals surface area contributed by atoms with Crippen molar-refractivity contribution in [1.29, 1.82) is 10.8 Å². The average Bonchev–Trinajstić information content (AvgIpc) is 3.28. The Balaban J connectivity index is 1.68. The maximum atomic E-state index is 8.64. The largest absolute Gasteiger partial charge is 0.350 e. The smallest absolute Gasteiger partial charge is 0.158 e. The number of hydrogen-bond donors (Lipinski definition) is 2. The predicted octanol–water partition coefficient (Wildman–Crippen LogP) is 4.01. The third-order valence-corrected chi connectivity index (χ3v) is 5.95. The van der Waals surface area contributed by atoms with E-state index in [-0.39, 0.29) is 11.3 Å². The van der Waals surface area contributed by atoms with Gasteiger partial charge in [0.05, 0.1) is 0 Å². The highest BCUT2D eigenvalue weighted by Crippen LogP contribution is 2.27. The van der Waals surface area contributed by atoms with Gasteiger partial charge < -0.3 is 4.90 Å². The second-order valence-corrected chi connectivity index (χ2v) is 7.71. The Morgan fingerprint density at radius 2 is 1.71 bits per heavy atom. The number of hydrogen-bond acceptors (Lipinski definition) is 5. The van der Waals surface area contributed by atoms with Crippen molar-refractivity contribution < 1.29 is 0 Å². The molecule has 1 aliphatic heterocycles. The van der Waals surface area contributed by atoms with Crippen LogP contribution < -0.4 is 10.4 Å². The second-order valence-electron chi connectivity index (χ2n) is 6.93. The van der Waals surface area contributed by atoms with E-state index in [0.717, 1.165) is 41.7 Å². The minimum absolute atomic E-state index is 0.232. The number of nitrogens with one attached hydrogen (secondary N) is 2. The summed E-state index contributed by atoms with van der Waals surface area (Å²) in [5, 5.41) is 27.7. The number of benzene rings is 2. The van der Waals surface area contributed by atoms with E-state index in [2.05, 4.69) is 29.2 Å². The van der Waals surface area contributed by atoms with Crippen molar-refractivity contribution in [1.82, 2.24) is 9.78 Å². The van der Waals surface area contributed by atoms with Crippen molar-refractivity contribution >= 4 is 33.8 Å². The van der Waals surface area contributed by atoms with Crippen LogP contribution in [-0.2, 0) is 13.0 Å². The van der Waals surface area contributed by atoms with Crippen LogP contribution >= 0.6 is 11.3 Å². The van der Waals surface area contributed by atoms with Crippen LogP contribution in [0.1, 0.15) is 16.7 Å². The third kappa shape index (κ3) is 2.73. The molecule has 0 bridgehead atoms. The minimum Gasteiger partial charge on any atom is -0.350 e. The molecule has 28 heavy (non-hydrogen) atoms. The Bertz CT molecular complexity index is 1240. The van der Waals surface area contributed by atoms with Crippen molar-refractivity contribution in [3.05, 3.63) is 87.5 Å². The molecule has 5 rings (SSSR count). The molecule has 4 aromatic rings. The number of thiophene rings is 1. The van der Waals surface area contributed by atoms with Crippen molar-refractivity contribution in [3.63, 3.8) is 0 Å². The summed E-state index contributed by atoms with van der Waals surface area (Å²) in [6.07, 6.45) is 0.969. The molecule has 0 fully saturated rings. The topological polar surface area (TPSA) is 68.8 Å². The zero-order chi connectivity index (χ0) is 19.1. The van der Waals surface area contributed by atoms with E-state index in [0.29, 0.717) is 0 Å². The normalized spacial score (nSPS) is 13.5. The fourth-order valence-electron chi connectivity index (χ4n) is 3.79. The van der Waals surface area contributed by atoms with Crippen LogP contribution in [0.25, 0.3) is 10.8 Å². The molecule has 2 aromatic heterocycles. The lowest BCUT2D eigenvalue weighted by Crippen LogP contribution is -2.36. The highest BCUT2D eigenvalue weighted by atomic mass is 32.1. The fourth-order valence-corrected chi connectivity index (χ4v) is 4.43. The van der Waals surface area contributed by atoms with Crippen LogP contribution in [-0.4, -0.2) is 22.2 Å². The fraction of sp³-hybridized carbons (Fsp3) is 0.136. The van der Waals surface area contributed by atoms with E-state index in [9.17, 15) is 0 Å². The number of anilines is 1. The van der Waals surface area contributed by atoms with Gasteiger partial charge in [-0.3, -0.25) is 10.8 Å². The van der Waals surface area contributed by atoms with Crippen molar-refractivity contribution in [2.75, 3.05) is 11.4 Å². The van der Waals surface area contributed by atoms with Crippen molar-refractivity contribution in [3.8, 4) is 0 Å². The zero-order valence-electron chi connectivity index (χ0n) is 15.2. The molecule has 2 aromatic carbocycles. The molecule has 0 radical (unpaired) electrons. The first kappa shape index (κ1) is 16.9. The lowest BCUT2D eigenvalue weighted by molar-refractivity contribution is 0.701. The molecular weight excluding hydrogens is 366 g/mol. The maximum Gasteiger partial charge on any atom is 0.158 e. The van der Waals surface area contributed by atoms with Crippen LogP contribution in [0.2, 0.25) is 0 Å². The Hall–Kier alpha value is -3.25. The first-order chi connectivity index (χ1) is 13.7. The molecule has 5 nitrogen and oxygen atoms in total. The summed E-state index contributed by atoms with van der Waals surface area (Å²) in [6, 6.07) is 18.3. The molecule has 1 aliphatic rings. The molecule has 0 amide bonds. The molecule has 0 spiro atoms. The summed E-state index contributed by atoms with van der Waals surface area (Å²) >= 11 is 1.54. The molecule has 0 saturated heterocycles. The first-order valence-electron chi connectivity index (χ1n) is 9.22. The van der Waals surface area contributed by atoms with E-state index in [1.54, 1.807) is 11.3 Å². The Morgan fingerprint density at radius 3 is 2.50 bits per heavy atom. The van der Waals surface area contributed by atoms with Gasteiger partial charge in [0.25, 0.3) is 0 Å². The summed E-state index contributed by atoms with van der Waals surface area (Å²) in [6.45, 7) is 1.66. The van der Waals surface area contributed by atoms with Gasteiger partial charge in [0, 0.05) is 34.8 Å². The van der Waals surface area contributed by atoms with E-state index < -0.39 is 0 Å². The Labute approximate surface area is 166 Å². The Kier molecular flexibility index (Phi) is 4.06. The summed E-state index contributed by atoms with van der Waals surface area (Å²) in [5.74, 6) is 1.07. The van der Waals surface area contributed by atoms with Gasteiger partial charge in [-0.2, -0.15) is 16.0 Å².